The van der Waals surface area contributed by atoms with Gasteiger partial charge in [-0.15, -0.1) is 0 Å². The van der Waals surface area contributed by atoms with E-state index < -0.39 is 17.6 Å². The number of carbonyl (C=O) groups excluding carboxylic acids is 1. The van der Waals surface area contributed by atoms with E-state index in [1.807, 2.05) is 29.2 Å². The molecule has 29 heavy (non-hydrogen) atoms. The van der Waals surface area contributed by atoms with Gasteiger partial charge in [-0.2, -0.15) is 13.2 Å². The molecule has 0 radical (unpaired) electrons. The smallest absolute Gasteiger partial charge is 0.324 e. The van der Waals surface area contributed by atoms with Crippen LogP contribution in [0.25, 0.3) is 0 Å². The molecule has 1 aliphatic heterocycles. The third-order valence-electron chi connectivity index (χ3n) is 4.99. The zero-order valence-corrected chi connectivity index (χ0v) is 16.6. The van der Waals surface area contributed by atoms with Crippen molar-refractivity contribution < 1.29 is 18.0 Å². The minimum absolute atomic E-state index is 0.0740. The molecule has 0 bridgehead atoms. The number of piperazine rings is 1. The van der Waals surface area contributed by atoms with E-state index in [0.717, 1.165) is 42.7 Å². The van der Waals surface area contributed by atoms with Gasteiger partial charge >= 0.3 is 6.18 Å². The average molecular weight is 426 g/mol. The van der Waals surface area contributed by atoms with Gasteiger partial charge in [-0.3, -0.25) is 9.69 Å². The summed E-state index contributed by atoms with van der Waals surface area (Å²) < 4.78 is 39.1. The summed E-state index contributed by atoms with van der Waals surface area (Å²) in [6.45, 7) is 3.94. The quantitative estimate of drug-likeness (QED) is 0.755. The molecule has 1 heterocycles. The van der Waals surface area contributed by atoms with E-state index in [0.29, 0.717) is 13.1 Å². The number of amides is 1. The van der Waals surface area contributed by atoms with Gasteiger partial charge in [0.2, 0.25) is 5.91 Å². The first-order valence-electron chi connectivity index (χ1n) is 9.47. The van der Waals surface area contributed by atoms with Crippen molar-refractivity contribution in [1.82, 2.24) is 9.80 Å². The van der Waals surface area contributed by atoms with Crippen LogP contribution in [0.3, 0.4) is 0 Å². The molecule has 0 unspecified atom stereocenters. The Labute approximate surface area is 173 Å². The number of benzene rings is 2. The second kappa shape index (κ2) is 9.61. The lowest BCUT2D eigenvalue weighted by Gasteiger charge is -2.34. The number of halogens is 4. The summed E-state index contributed by atoms with van der Waals surface area (Å²) in [5, 5.41) is 3.17. The van der Waals surface area contributed by atoms with Crippen LogP contribution in [0.2, 0.25) is 5.02 Å². The Morgan fingerprint density at radius 1 is 0.966 bits per heavy atom. The molecule has 0 spiro atoms. The largest absolute Gasteiger partial charge is 0.418 e. The highest BCUT2D eigenvalue weighted by molar-refractivity contribution is 6.31. The second-order valence-electron chi connectivity index (χ2n) is 7.05. The maximum atomic E-state index is 13.0. The molecule has 2 aromatic rings. The van der Waals surface area contributed by atoms with Crippen LogP contribution < -0.4 is 5.32 Å². The molecular weight excluding hydrogens is 403 g/mol. The molecule has 0 aliphatic carbocycles. The zero-order chi connectivity index (χ0) is 20.9. The first-order valence-corrected chi connectivity index (χ1v) is 9.85. The summed E-state index contributed by atoms with van der Waals surface area (Å²) in [7, 11) is 0. The number of para-hydroxylation sites is 1. The molecule has 2 aromatic carbocycles. The standard InChI is InChI=1S/C21H23ClF3N3O/c22-18-7-3-1-5-16(18)9-10-27-11-13-28(14-12-27)15-20(29)26-19-8-4-2-6-17(19)21(23,24)25/h1-8H,9-15H2,(H,26,29). The van der Waals surface area contributed by atoms with Crippen LogP contribution in [0, 0.1) is 0 Å². The fourth-order valence-electron chi connectivity index (χ4n) is 3.38. The van der Waals surface area contributed by atoms with Gasteiger partial charge in [0.05, 0.1) is 17.8 Å². The minimum atomic E-state index is -4.50. The molecular formula is C21H23ClF3N3O. The molecule has 1 fully saturated rings. The van der Waals surface area contributed by atoms with E-state index in [-0.39, 0.29) is 12.2 Å². The Bertz CT molecular complexity index is 836. The maximum Gasteiger partial charge on any atom is 0.418 e. The Morgan fingerprint density at radius 3 is 2.28 bits per heavy atom. The average Bonchev–Trinajstić information content (AvgIpc) is 2.68. The number of carbonyl (C=O) groups is 1. The summed E-state index contributed by atoms with van der Waals surface area (Å²) in [4.78, 5) is 16.5. The highest BCUT2D eigenvalue weighted by atomic mass is 35.5. The Balaban J connectivity index is 1.45. The number of hydrogen-bond donors (Lipinski definition) is 1. The summed E-state index contributed by atoms with van der Waals surface area (Å²) in [5.41, 5.74) is 0.0698. The number of anilines is 1. The fourth-order valence-corrected chi connectivity index (χ4v) is 3.61. The van der Waals surface area contributed by atoms with Crippen LogP contribution in [0.1, 0.15) is 11.1 Å². The predicted octanol–water partition coefficient (Wildman–Crippen LogP) is 4.16. The van der Waals surface area contributed by atoms with Crippen molar-refractivity contribution >= 4 is 23.2 Å². The van der Waals surface area contributed by atoms with Gasteiger partial charge in [-0.05, 0) is 30.2 Å². The lowest BCUT2D eigenvalue weighted by atomic mass is 10.1. The molecule has 3 rings (SSSR count). The lowest BCUT2D eigenvalue weighted by molar-refractivity contribution is -0.137. The number of alkyl halides is 3. The van der Waals surface area contributed by atoms with E-state index in [1.165, 1.54) is 18.2 Å². The van der Waals surface area contributed by atoms with Crippen molar-refractivity contribution in [2.24, 2.45) is 0 Å². The predicted molar refractivity (Wildman–Crippen MR) is 108 cm³/mol. The van der Waals surface area contributed by atoms with E-state index in [4.69, 9.17) is 11.6 Å². The highest BCUT2D eigenvalue weighted by Crippen LogP contribution is 2.34. The first kappa shape index (κ1) is 21.6. The van der Waals surface area contributed by atoms with Gasteiger partial charge in [-0.1, -0.05) is 41.9 Å². The van der Waals surface area contributed by atoms with Gasteiger partial charge in [-0.25, -0.2) is 0 Å². The van der Waals surface area contributed by atoms with E-state index >= 15 is 0 Å². The normalized spacial score (nSPS) is 16.0. The molecule has 0 atom stereocenters. The van der Waals surface area contributed by atoms with Crippen molar-refractivity contribution in [3.8, 4) is 0 Å². The van der Waals surface area contributed by atoms with Gasteiger partial charge in [0, 0.05) is 37.7 Å². The van der Waals surface area contributed by atoms with E-state index in [1.54, 1.807) is 0 Å². The number of rotatable bonds is 6. The Morgan fingerprint density at radius 2 is 1.59 bits per heavy atom. The summed E-state index contributed by atoms with van der Waals surface area (Å²) in [6, 6.07) is 12.8. The number of hydrogen-bond acceptors (Lipinski definition) is 3. The SMILES string of the molecule is O=C(CN1CCN(CCc2ccccc2Cl)CC1)Nc1ccccc1C(F)(F)F. The molecule has 4 nitrogen and oxygen atoms in total. The van der Waals surface area contributed by atoms with Crippen LogP contribution in [-0.4, -0.2) is 55.0 Å². The number of nitrogens with zero attached hydrogens (tertiary/aromatic N) is 2. The lowest BCUT2D eigenvalue weighted by Crippen LogP contribution is -2.49. The minimum Gasteiger partial charge on any atom is -0.324 e. The third-order valence-corrected chi connectivity index (χ3v) is 5.36. The molecule has 156 valence electrons. The Hall–Kier alpha value is -2.09. The van der Waals surface area contributed by atoms with E-state index in [9.17, 15) is 18.0 Å². The van der Waals surface area contributed by atoms with Crippen LogP contribution >= 0.6 is 11.6 Å². The molecule has 1 N–H and O–H groups in total. The van der Waals surface area contributed by atoms with Gasteiger partial charge in [0.1, 0.15) is 0 Å². The van der Waals surface area contributed by atoms with E-state index in [2.05, 4.69) is 10.2 Å². The molecule has 1 aliphatic rings. The summed E-state index contributed by atoms with van der Waals surface area (Å²) >= 11 is 6.19. The van der Waals surface area contributed by atoms with Crippen LogP contribution in [-0.2, 0) is 17.4 Å². The van der Waals surface area contributed by atoms with Crippen LogP contribution in [0.15, 0.2) is 48.5 Å². The van der Waals surface area contributed by atoms with Crippen molar-refractivity contribution in [3.05, 3.63) is 64.7 Å². The van der Waals surface area contributed by atoms with Gasteiger partial charge in [0.25, 0.3) is 0 Å². The second-order valence-corrected chi connectivity index (χ2v) is 7.46. The first-order chi connectivity index (χ1) is 13.8. The zero-order valence-electron chi connectivity index (χ0n) is 15.9. The molecule has 1 amide bonds. The van der Waals surface area contributed by atoms with Crippen molar-refractivity contribution in [2.75, 3.05) is 44.6 Å². The van der Waals surface area contributed by atoms with Crippen LogP contribution in [0.5, 0.6) is 0 Å². The molecule has 0 aromatic heterocycles. The third kappa shape index (κ3) is 6.19. The molecule has 0 saturated carbocycles. The molecule has 1 saturated heterocycles. The highest BCUT2D eigenvalue weighted by Gasteiger charge is 2.33. The van der Waals surface area contributed by atoms with Gasteiger partial charge < -0.3 is 10.2 Å². The van der Waals surface area contributed by atoms with Crippen LogP contribution in [0.4, 0.5) is 18.9 Å². The van der Waals surface area contributed by atoms with Gasteiger partial charge in [0.15, 0.2) is 0 Å². The number of nitrogens with one attached hydrogen (secondary N) is 1. The Kier molecular flexibility index (Phi) is 7.16. The molecule has 8 heteroatoms. The topological polar surface area (TPSA) is 35.6 Å². The summed E-state index contributed by atoms with van der Waals surface area (Å²) in [6.07, 6.45) is -3.65. The van der Waals surface area contributed by atoms with Crippen molar-refractivity contribution in [1.29, 1.82) is 0 Å². The summed E-state index contributed by atoms with van der Waals surface area (Å²) in [5.74, 6) is -0.439. The maximum absolute atomic E-state index is 13.0. The van der Waals surface area contributed by atoms with Crippen molar-refractivity contribution in [2.45, 2.75) is 12.6 Å². The van der Waals surface area contributed by atoms with Crippen molar-refractivity contribution in [3.63, 3.8) is 0 Å². The fraction of sp³-hybridized carbons (Fsp3) is 0.381. The monoisotopic (exact) mass is 425 g/mol.